The summed E-state index contributed by atoms with van der Waals surface area (Å²) in [5, 5.41) is 32.9. The van der Waals surface area contributed by atoms with Crippen molar-refractivity contribution in [3.8, 4) is 5.75 Å². The van der Waals surface area contributed by atoms with Gasteiger partial charge in [0.25, 0.3) is 0 Å². The maximum Gasteiger partial charge on any atom is 0.310 e. The number of hydrogen-bond donors (Lipinski definition) is 3. The van der Waals surface area contributed by atoms with Gasteiger partial charge in [-0.2, -0.15) is 0 Å². The summed E-state index contributed by atoms with van der Waals surface area (Å²) in [6, 6.07) is 13.2. The number of hydrogen-bond acceptors (Lipinski definition) is 8. The number of aliphatic hydroxyl groups is 3. The average Bonchev–Trinajstić information content (AvgIpc) is 2.92. The van der Waals surface area contributed by atoms with E-state index in [1.165, 1.54) is 0 Å². The van der Waals surface area contributed by atoms with Crippen molar-refractivity contribution in [1.82, 2.24) is 4.90 Å². The number of carbonyl (C=O) groups is 1. The molecule has 2 heterocycles. The molecule has 0 aromatic heterocycles. The third kappa shape index (κ3) is 6.86. The molecule has 2 aliphatic rings. The first kappa shape index (κ1) is 28.8. The molecule has 6 atom stereocenters. The van der Waals surface area contributed by atoms with E-state index >= 15 is 0 Å². The highest BCUT2D eigenvalue weighted by Crippen LogP contribution is 2.35. The summed E-state index contributed by atoms with van der Waals surface area (Å²) < 4.78 is 16.9. The predicted octanol–water partition coefficient (Wildman–Crippen LogP) is 3.13. The molecule has 0 bridgehead atoms. The third-order valence-electron chi connectivity index (χ3n) is 7.30. The van der Waals surface area contributed by atoms with E-state index in [0.717, 1.165) is 36.3 Å². The van der Waals surface area contributed by atoms with E-state index in [1.54, 1.807) is 19.1 Å². The minimum atomic E-state index is -1.38. The first-order valence-electron chi connectivity index (χ1n) is 13.4. The van der Waals surface area contributed by atoms with Gasteiger partial charge in [0.15, 0.2) is 0 Å². The van der Waals surface area contributed by atoms with Gasteiger partial charge in [0.2, 0.25) is 0 Å². The van der Waals surface area contributed by atoms with E-state index in [-0.39, 0.29) is 11.9 Å². The maximum absolute atomic E-state index is 12.2. The standard InChI is InChI=1S/C29H38ClNO7/c1-3-36-22-10-7-18(8-11-22)14-21-15-19(9-12-23(21)30)28-27(34)26(33)25(32)24(38-28)17-31-13-5-6-20(16-31)29(35)37-4-2/h7-12,15,20,24-28,32-34H,3-6,13-14,16-17H2,1-2H3/t20?,24-,25-,26+,27-,28+/m1/s1. The molecule has 0 aliphatic carbocycles. The van der Waals surface area contributed by atoms with Crippen LogP contribution in [-0.4, -0.2) is 83.5 Å². The number of esters is 1. The van der Waals surface area contributed by atoms with Crippen LogP contribution in [0.3, 0.4) is 0 Å². The number of benzene rings is 2. The largest absolute Gasteiger partial charge is 0.494 e. The fraction of sp³-hybridized carbons (Fsp3) is 0.552. The average molecular weight is 548 g/mol. The molecule has 2 aromatic rings. The lowest BCUT2D eigenvalue weighted by Gasteiger charge is -2.43. The van der Waals surface area contributed by atoms with Gasteiger partial charge in [0.1, 0.15) is 30.2 Å². The molecule has 8 nitrogen and oxygen atoms in total. The smallest absolute Gasteiger partial charge is 0.310 e. The summed E-state index contributed by atoms with van der Waals surface area (Å²) in [6.07, 6.45) is -3.39. The highest BCUT2D eigenvalue weighted by molar-refractivity contribution is 6.31. The van der Waals surface area contributed by atoms with E-state index in [1.807, 2.05) is 37.3 Å². The summed E-state index contributed by atoms with van der Waals surface area (Å²) in [5.41, 5.74) is 2.57. The van der Waals surface area contributed by atoms with Crippen LogP contribution in [0.25, 0.3) is 0 Å². The Kier molecular flexibility index (Phi) is 10.0. The van der Waals surface area contributed by atoms with E-state index in [0.29, 0.717) is 43.3 Å². The fourth-order valence-electron chi connectivity index (χ4n) is 5.30. The van der Waals surface area contributed by atoms with Crippen molar-refractivity contribution in [3.05, 3.63) is 64.2 Å². The number of aliphatic hydroxyl groups excluding tert-OH is 3. The Morgan fingerprint density at radius 2 is 1.82 bits per heavy atom. The van der Waals surface area contributed by atoms with Crippen LogP contribution in [0.4, 0.5) is 0 Å². The van der Waals surface area contributed by atoms with Crippen molar-refractivity contribution in [3.63, 3.8) is 0 Å². The molecule has 0 saturated carbocycles. The van der Waals surface area contributed by atoms with Gasteiger partial charge in [-0.25, -0.2) is 0 Å². The minimum Gasteiger partial charge on any atom is -0.494 e. The zero-order valence-electron chi connectivity index (χ0n) is 22.0. The van der Waals surface area contributed by atoms with E-state index in [4.69, 9.17) is 25.8 Å². The van der Waals surface area contributed by atoms with Crippen LogP contribution in [0.2, 0.25) is 5.02 Å². The highest BCUT2D eigenvalue weighted by atomic mass is 35.5. The molecule has 4 rings (SSSR count). The Hall–Kier alpha value is -2.20. The molecule has 2 saturated heterocycles. The third-order valence-corrected chi connectivity index (χ3v) is 7.67. The van der Waals surface area contributed by atoms with Crippen molar-refractivity contribution >= 4 is 17.6 Å². The van der Waals surface area contributed by atoms with Crippen LogP contribution in [0.15, 0.2) is 42.5 Å². The molecular weight excluding hydrogens is 510 g/mol. The van der Waals surface area contributed by atoms with E-state index in [9.17, 15) is 20.1 Å². The lowest BCUT2D eigenvalue weighted by atomic mass is 9.89. The second-order valence-corrected chi connectivity index (χ2v) is 10.4. The molecule has 0 radical (unpaired) electrons. The molecule has 1 unspecified atom stereocenters. The van der Waals surface area contributed by atoms with Crippen LogP contribution >= 0.6 is 11.6 Å². The van der Waals surface area contributed by atoms with Crippen LogP contribution in [-0.2, 0) is 20.7 Å². The zero-order chi connectivity index (χ0) is 27.2. The number of ether oxygens (including phenoxy) is 3. The Balaban J connectivity index is 1.48. The van der Waals surface area contributed by atoms with Gasteiger partial charge in [-0.05, 0) is 74.5 Å². The monoisotopic (exact) mass is 547 g/mol. The van der Waals surface area contributed by atoms with Gasteiger partial charge in [-0.15, -0.1) is 0 Å². The number of rotatable bonds is 9. The lowest BCUT2D eigenvalue weighted by molar-refractivity contribution is -0.228. The van der Waals surface area contributed by atoms with Crippen LogP contribution < -0.4 is 4.74 Å². The summed E-state index contributed by atoms with van der Waals surface area (Å²) in [6.45, 7) is 6.24. The van der Waals surface area contributed by atoms with E-state index in [2.05, 4.69) is 4.90 Å². The molecular formula is C29H38ClNO7. The second-order valence-electron chi connectivity index (χ2n) is 10.0. The Labute approximate surface area is 229 Å². The number of nitrogens with zero attached hydrogens (tertiary/aromatic N) is 1. The van der Waals surface area contributed by atoms with Gasteiger partial charge in [0.05, 0.1) is 25.2 Å². The first-order valence-corrected chi connectivity index (χ1v) is 13.8. The Bertz CT molecular complexity index is 1070. The maximum atomic E-state index is 12.2. The molecule has 9 heteroatoms. The van der Waals surface area contributed by atoms with Gasteiger partial charge in [0, 0.05) is 18.1 Å². The molecule has 38 heavy (non-hydrogen) atoms. The van der Waals surface area contributed by atoms with Crippen molar-refractivity contribution in [2.24, 2.45) is 5.92 Å². The number of halogens is 1. The fourth-order valence-corrected chi connectivity index (χ4v) is 5.49. The molecule has 2 aliphatic heterocycles. The minimum absolute atomic E-state index is 0.211. The van der Waals surface area contributed by atoms with Gasteiger partial charge < -0.3 is 29.5 Å². The topological polar surface area (TPSA) is 109 Å². The summed E-state index contributed by atoms with van der Waals surface area (Å²) in [4.78, 5) is 14.3. The first-order chi connectivity index (χ1) is 18.3. The summed E-state index contributed by atoms with van der Waals surface area (Å²) >= 11 is 6.51. The molecule has 208 valence electrons. The van der Waals surface area contributed by atoms with E-state index < -0.39 is 30.5 Å². The highest BCUT2D eigenvalue weighted by Gasteiger charge is 2.45. The van der Waals surface area contributed by atoms with Crippen LogP contribution in [0.5, 0.6) is 5.75 Å². The molecule has 0 spiro atoms. The second kappa shape index (κ2) is 13.2. The lowest BCUT2D eigenvalue weighted by Crippen LogP contribution is -2.58. The van der Waals surface area contributed by atoms with Crippen molar-refractivity contribution in [2.45, 2.75) is 63.6 Å². The quantitative estimate of drug-likeness (QED) is 0.411. The molecule has 2 fully saturated rings. The van der Waals surface area contributed by atoms with Gasteiger partial charge in [-0.3, -0.25) is 9.69 Å². The SMILES string of the molecule is CCOC(=O)C1CCCN(C[C@H]2O[C@@H](c3ccc(Cl)c(Cc4ccc(OCC)cc4)c3)[C@H](O)[C@@H](O)[C@@H]2O)C1. The molecule has 3 N–H and O–H groups in total. The number of likely N-dealkylation sites (tertiary alicyclic amines) is 1. The summed E-state index contributed by atoms with van der Waals surface area (Å²) in [5.74, 6) is 0.365. The Morgan fingerprint density at radius 1 is 1.05 bits per heavy atom. The van der Waals surface area contributed by atoms with Crippen LogP contribution in [0, 0.1) is 5.92 Å². The number of carbonyl (C=O) groups excluding carboxylic acids is 1. The summed E-state index contributed by atoms with van der Waals surface area (Å²) in [7, 11) is 0. The molecule has 0 amide bonds. The van der Waals surface area contributed by atoms with Crippen molar-refractivity contribution in [1.29, 1.82) is 0 Å². The van der Waals surface area contributed by atoms with Crippen LogP contribution in [0.1, 0.15) is 49.5 Å². The van der Waals surface area contributed by atoms with Gasteiger partial charge in [-0.1, -0.05) is 35.9 Å². The zero-order valence-corrected chi connectivity index (χ0v) is 22.7. The van der Waals surface area contributed by atoms with Crippen molar-refractivity contribution < 1.29 is 34.3 Å². The number of piperidine rings is 1. The predicted molar refractivity (Wildman–Crippen MR) is 143 cm³/mol. The normalized spacial score (nSPS) is 28.2. The molecule has 2 aromatic carbocycles. The van der Waals surface area contributed by atoms with Gasteiger partial charge >= 0.3 is 5.97 Å². The Morgan fingerprint density at radius 3 is 2.53 bits per heavy atom. The van der Waals surface area contributed by atoms with Crippen molar-refractivity contribution in [2.75, 3.05) is 32.8 Å².